The van der Waals surface area contributed by atoms with Gasteiger partial charge in [0.05, 0.1) is 13.2 Å². The number of halogens is 1. The Morgan fingerprint density at radius 3 is 2.40 bits per heavy atom. The predicted octanol–water partition coefficient (Wildman–Crippen LogP) is 1.59. The minimum atomic E-state index is -0.298. The van der Waals surface area contributed by atoms with E-state index in [0.29, 0.717) is 6.54 Å². The molecule has 3 nitrogen and oxygen atoms in total. The van der Waals surface area contributed by atoms with Gasteiger partial charge in [0.2, 0.25) is 0 Å². The molecule has 1 rings (SSSR count). The van der Waals surface area contributed by atoms with Crippen molar-refractivity contribution < 1.29 is 9.84 Å². The minimum Gasteiger partial charge on any atom is -0.497 e. The van der Waals surface area contributed by atoms with Crippen molar-refractivity contribution in [2.45, 2.75) is 19.6 Å². The first-order valence-corrected chi connectivity index (χ1v) is 4.74. The lowest BCUT2D eigenvalue weighted by Gasteiger charge is -2.07. The first kappa shape index (κ1) is 14.2. The molecule has 86 valence electrons. The number of aliphatic hydroxyl groups is 1. The molecule has 1 aromatic carbocycles. The van der Waals surface area contributed by atoms with Gasteiger partial charge >= 0.3 is 0 Å². The second-order valence-corrected chi connectivity index (χ2v) is 3.33. The van der Waals surface area contributed by atoms with E-state index in [1.807, 2.05) is 24.3 Å². The van der Waals surface area contributed by atoms with E-state index in [4.69, 9.17) is 9.84 Å². The van der Waals surface area contributed by atoms with E-state index in [2.05, 4.69) is 5.32 Å². The number of nitrogens with one attached hydrogen (secondary N) is 1. The van der Waals surface area contributed by atoms with Crippen LogP contribution in [0.5, 0.6) is 5.75 Å². The first-order valence-electron chi connectivity index (χ1n) is 4.74. The SMILES string of the molecule is COc1ccc(CNCC(C)O)cc1.Cl. The highest BCUT2D eigenvalue weighted by Gasteiger charge is 1.96. The van der Waals surface area contributed by atoms with Gasteiger partial charge < -0.3 is 15.2 Å². The summed E-state index contributed by atoms with van der Waals surface area (Å²) in [5.41, 5.74) is 1.19. The predicted molar refractivity (Wildman–Crippen MR) is 63.6 cm³/mol. The van der Waals surface area contributed by atoms with Crippen molar-refractivity contribution in [2.24, 2.45) is 0 Å². The number of hydrogen-bond acceptors (Lipinski definition) is 3. The molecule has 4 heteroatoms. The van der Waals surface area contributed by atoms with Gasteiger partial charge in [-0.25, -0.2) is 0 Å². The van der Waals surface area contributed by atoms with Gasteiger partial charge in [-0.2, -0.15) is 0 Å². The Morgan fingerprint density at radius 1 is 1.33 bits per heavy atom. The van der Waals surface area contributed by atoms with Crippen LogP contribution in [0.2, 0.25) is 0 Å². The fourth-order valence-electron chi connectivity index (χ4n) is 1.17. The van der Waals surface area contributed by atoms with Crippen molar-refractivity contribution in [2.75, 3.05) is 13.7 Å². The standard InChI is InChI=1S/C11H17NO2.ClH/c1-9(13)7-12-8-10-3-5-11(14-2)6-4-10;/h3-6,9,12-13H,7-8H2,1-2H3;1H. The van der Waals surface area contributed by atoms with Gasteiger partial charge in [-0.05, 0) is 24.6 Å². The molecule has 0 radical (unpaired) electrons. The third-order valence-corrected chi connectivity index (χ3v) is 1.93. The van der Waals surface area contributed by atoms with Crippen LogP contribution in [0.3, 0.4) is 0 Å². The Hall–Kier alpha value is -0.770. The molecule has 0 saturated carbocycles. The quantitative estimate of drug-likeness (QED) is 0.809. The first-order chi connectivity index (χ1) is 6.72. The molecule has 0 aliphatic rings. The van der Waals surface area contributed by atoms with Crippen LogP contribution in [-0.4, -0.2) is 24.9 Å². The molecule has 0 saturated heterocycles. The van der Waals surface area contributed by atoms with Crippen molar-refractivity contribution in [1.29, 1.82) is 0 Å². The summed E-state index contributed by atoms with van der Waals surface area (Å²) < 4.78 is 5.05. The summed E-state index contributed by atoms with van der Waals surface area (Å²) >= 11 is 0. The molecule has 0 fully saturated rings. The number of benzene rings is 1. The van der Waals surface area contributed by atoms with Crippen molar-refractivity contribution >= 4 is 12.4 Å². The molecule has 1 aromatic rings. The van der Waals surface area contributed by atoms with Crippen LogP contribution in [0.4, 0.5) is 0 Å². The highest BCUT2D eigenvalue weighted by molar-refractivity contribution is 5.85. The van der Waals surface area contributed by atoms with E-state index in [1.165, 1.54) is 5.56 Å². The van der Waals surface area contributed by atoms with Gasteiger partial charge in [-0.1, -0.05) is 12.1 Å². The van der Waals surface area contributed by atoms with E-state index in [9.17, 15) is 0 Å². The number of ether oxygens (including phenoxy) is 1. The van der Waals surface area contributed by atoms with Gasteiger partial charge in [0.25, 0.3) is 0 Å². The average Bonchev–Trinajstić information content (AvgIpc) is 2.18. The second-order valence-electron chi connectivity index (χ2n) is 3.33. The zero-order valence-corrected chi connectivity index (χ0v) is 9.88. The van der Waals surface area contributed by atoms with Gasteiger partial charge in [-0.15, -0.1) is 12.4 Å². The van der Waals surface area contributed by atoms with Crippen LogP contribution in [0.25, 0.3) is 0 Å². The van der Waals surface area contributed by atoms with Crippen LogP contribution in [0, 0.1) is 0 Å². The fraction of sp³-hybridized carbons (Fsp3) is 0.455. The summed E-state index contributed by atoms with van der Waals surface area (Å²) in [6.07, 6.45) is -0.298. The van der Waals surface area contributed by atoms with Crippen LogP contribution in [0.1, 0.15) is 12.5 Å². The minimum absolute atomic E-state index is 0. The van der Waals surface area contributed by atoms with Gasteiger partial charge in [0.15, 0.2) is 0 Å². The largest absolute Gasteiger partial charge is 0.497 e. The lowest BCUT2D eigenvalue weighted by Crippen LogP contribution is -2.23. The Labute approximate surface area is 96.9 Å². The molecule has 0 bridgehead atoms. The summed E-state index contributed by atoms with van der Waals surface area (Å²) in [4.78, 5) is 0. The Morgan fingerprint density at radius 2 is 1.93 bits per heavy atom. The number of methoxy groups -OCH3 is 1. The molecule has 0 aliphatic heterocycles. The normalized spacial score (nSPS) is 11.7. The molecule has 0 amide bonds. The second kappa shape index (κ2) is 7.51. The molecule has 0 heterocycles. The van der Waals surface area contributed by atoms with Crippen molar-refractivity contribution in [3.63, 3.8) is 0 Å². The van der Waals surface area contributed by atoms with Gasteiger partial charge in [-0.3, -0.25) is 0 Å². The molecule has 0 aliphatic carbocycles. The third kappa shape index (κ3) is 5.62. The molecule has 15 heavy (non-hydrogen) atoms. The summed E-state index contributed by atoms with van der Waals surface area (Å²) in [5, 5.41) is 12.2. The summed E-state index contributed by atoms with van der Waals surface area (Å²) in [7, 11) is 1.65. The maximum atomic E-state index is 9.03. The molecule has 1 unspecified atom stereocenters. The number of rotatable bonds is 5. The Balaban J connectivity index is 0.00000196. The van der Waals surface area contributed by atoms with E-state index in [1.54, 1.807) is 14.0 Å². The van der Waals surface area contributed by atoms with Crippen LogP contribution >= 0.6 is 12.4 Å². The summed E-state index contributed by atoms with van der Waals surface area (Å²) in [6.45, 7) is 3.15. The highest BCUT2D eigenvalue weighted by Crippen LogP contribution is 2.10. The molecule has 0 spiro atoms. The van der Waals surface area contributed by atoms with Gasteiger partial charge in [0.1, 0.15) is 5.75 Å². The number of aliphatic hydroxyl groups excluding tert-OH is 1. The van der Waals surface area contributed by atoms with Crippen LogP contribution in [-0.2, 0) is 6.54 Å². The third-order valence-electron chi connectivity index (χ3n) is 1.93. The molecular formula is C11H18ClNO2. The van der Waals surface area contributed by atoms with Crippen LogP contribution < -0.4 is 10.1 Å². The maximum absolute atomic E-state index is 9.03. The maximum Gasteiger partial charge on any atom is 0.118 e. The van der Waals surface area contributed by atoms with E-state index >= 15 is 0 Å². The van der Waals surface area contributed by atoms with Crippen molar-refractivity contribution in [3.05, 3.63) is 29.8 Å². The van der Waals surface area contributed by atoms with Crippen LogP contribution in [0.15, 0.2) is 24.3 Å². The lowest BCUT2D eigenvalue weighted by atomic mass is 10.2. The molecule has 1 atom stereocenters. The van der Waals surface area contributed by atoms with E-state index in [0.717, 1.165) is 12.3 Å². The molecule has 0 aromatic heterocycles. The van der Waals surface area contributed by atoms with E-state index in [-0.39, 0.29) is 18.5 Å². The van der Waals surface area contributed by atoms with Crippen molar-refractivity contribution in [1.82, 2.24) is 5.32 Å². The zero-order chi connectivity index (χ0) is 10.4. The lowest BCUT2D eigenvalue weighted by molar-refractivity contribution is 0.191. The number of hydrogen-bond donors (Lipinski definition) is 2. The molecule has 2 N–H and O–H groups in total. The topological polar surface area (TPSA) is 41.5 Å². The van der Waals surface area contributed by atoms with Gasteiger partial charge in [0, 0.05) is 13.1 Å². The monoisotopic (exact) mass is 231 g/mol. The van der Waals surface area contributed by atoms with Crippen molar-refractivity contribution in [3.8, 4) is 5.75 Å². The zero-order valence-electron chi connectivity index (χ0n) is 9.06. The summed E-state index contributed by atoms with van der Waals surface area (Å²) in [5.74, 6) is 0.865. The highest BCUT2D eigenvalue weighted by atomic mass is 35.5. The summed E-state index contributed by atoms with van der Waals surface area (Å²) in [6, 6.07) is 7.88. The smallest absolute Gasteiger partial charge is 0.118 e. The fourth-order valence-corrected chi connectivity index (χ4v) is 1.17. The molecular weight excluding hydrogens is 214 g/mol. The average molecular weight is 232 g/mol. The van der Waals surface area contributed by atoms with E-state index < -0.39 is 0 Å². The Bertz CT molecular complexity index is 262. The Kier molecular flexibility index (Phi) is 7.13.